The van der Waals surface area contributed by atoms with Crippen LogP contribution < -0.4 is 5.32 Å². The lowest BCUT2D eigenvalue weighted by atomic mass is 10.0. The van der Waals surface area contributed by atoms with Gasteiger partial charge in [-0.1, -0.05) is 27.7 Å². The Labute approximate surface area is 113 Å². The monoisotopic (exact) mass is 256 g/mol. The van der Waals surface area contributed by atoms with Gasteiger partial charge in [0.25, 0.3) is 0 Å². The highest BCUT2D eigenvalue weighted by molar-refractivity contribution is 4.79. The number of rotatable bonds is 7. The Morgan fingerprint density at radius 3 is 2.28 bits per heavy atom. The molecule has 0 radical (unpaired) electrons. The number of ether oxygens (including phenoxy) is 1. The fourth-order valence-electron chi connectivity index (χ4n) is 2.43. The second kappa shape index (κ2) is 7.46. The predicted molar refractivity (Wildman–Crippen MR) is 78.0 cm³/mol. The maximum Gasteiger partial charge on any atom is 0.0707 e. The lowest BCUT2D eigenvalue weighted by Crippen LogP contribution is -2.39. The van der Waals surface area contributed by atoms with Crippen LogP contribution in [0.3, 0.4) is 0 Å². The third-order valence-corrected chi connectivity index (χ3v) is 4.10. The largest absolute Gasteiger partial charge is 0.372 e. The van der Waals surface area contributed by atoms with Crippen molar-refractivity contribution in [3.05, 3.63) is 0 Å². The van der Waals surface area contributed by atoms with Crippen LogP contribution in [0.4, 0.5) is 0 Å². The SMILES string of the molecule is CC(C)NCC1CCC(CN(C)C(C)C(C)C)O1. The van der Waals surface area contributed by atoms with Crippen molar-refractivity contribution in [1.29, 1.82) is 0 Å². The van der Waals surface area contributed by atoms with E-state index in [0.717, 1.165) is 13.1 Å². The summed E-state index contributed by atoms with van der Waals surface area (Å²) in [6.45, 7) is 13.3. The van der Waals surface area contributed by atoms with Crippen LogP contribution in [0.2, 0.25) is 0 Å². The first-order valence-corrected chi connectivity index (χ1v) is 7.49. The molecule has 1 N–H and O–H groups in total. The van der Waals surface area contributed by atoms with E-state index in [9.17, 15) is 0 Å². The van der Waals surface area contributed by atoms with Crippen LogP contribution in [-0.4, -0.2) is 49.3 Å². The molecule has 1 aliphatic rings. The van der Waals surface area contributed by atoms with Gasteiger partial charge < -0.3 is 15.0 Å². The maximum atomic E-state index is 6.11. The minimum atomic E-state index is 0.417. The average Bonchev–Trinajstić information content (AvgIpc) is 2.72. The van der Waals surface area contributed by atoms with Crippen molar-refractivity contribution in [1.82, 2.24) is 10.2 Å². The minimum Gasteiger partial charge on any atom is -0.372 e. The second-order valence-electron chi connectivity index (χ2n) is 6.44. The van der Waals surface area contributed by atoms with Crippen LogP contribution in [0.5, 0.6) is 0 Å². The molecule has 1 fully saturated rings. The van der Waals surface area contributed by atoms with E-state index in [-0.39, 0.29) is 0 Å². The zero-order valence-electron chi connectivity index (χ0n) is 13.1. The summed E-state index contributed by atoms with van der Waals surface area (Å²) in [5.41, 5.74) is 0. The molecular formula is C15H32N2O. The molecule has 0 aromatic heterocycles. The summed E-state index contributed by atoms with van der Waals surface area (Å²) in [6, 6.07) is 1.18. The van der Waals surface area contributed by atoms with Crippen molar-refractivity contribution in [2.45, 2.75) is 71.8 Å². The lowest BCUT2D eigenvalue weighted by molar-refractivity contribution is 0.0175. The van der Waals surface area contributed by atoms with Gasteiger partial charge in [0.2, 0.25) is 0 Å². The summed E-state index contributed by atoms with van der Waals surface area (Å²) in [4.78, 5) is 2.44. The number of hydrogen-bond donors (Lipinski definition) is 1. The van der Waals surface area contributed by atoms with E-state index in [1.54, 1.807) is 0 Å². The average molecular weight is 256 g/mol. The molecule has 0 saturated carbocycles. The molecule has 0 spiro atoms. The smallest absolute Gasteiger partial charge is 0.0707 e. The minimum absolute atomic E-state index is 0.417. The molecule has 1 rings (SSSR count). The summed E-state index contributed by atoms with van der Waals surface area (Å²) < 4.78 is 6.11. The van der Waals surface area contributed by atoms with E-state index in [4.69, 9.17) is 4.74 Å². The van der Waals surface area contributed by atoms with Crippen LogP contribution in [0.25, 0.3) is 0 Å². The van der Waals surface area contributed by atoms with Crippen molar-refractivity contribution < 1.29 is 4.74 Å². The van der Waals surface area contributed by atoms with E-state index < -0.39 is 0 Å². The van der Waals surface area contributed by atoms with Crippen LogP contribution in [0, 0.1) is 5.92 Å². The molecule has 0 aliphatic carbocycles. The Hall–Kier alpha value is -0.120. The van der Waals surface area contributed by atoms with Crippen LogP contribution in [0.1, 0.15) is 47.5 Å². The van der Waals surface area contributed by atoms with Gasteiger partial charge >= 0.3 is 0 Å². The van der Waals surface area contributed by atoms with Gasteiger partial charge in [0.05, 0.1) is 12.2 Å². The van der Waals surface area contributed by atoms with Crippen molar-refractivity contribution >= 4 is 0 Å². The first-order chi connectivity index (χ1) is 8.40. The van der Waals surface area contributed by atoms with Crippen LogP contribution in [-0.2, 0) is 4.74 Å². The topological polar surface area (TPSA) is 24.5 Å². The quantitative estimate of drug-likeness (QED) is 0.757. The molecule has 3 nitrogen and oxygen atoms in total. The van der Waals surface area contributed by atoms with Crippen molar-refractivity contribution in [2.75, 3.05) is 20.1 Å². The Morgan fingerprint density at radius 1 is 1.11 bits per heavy atom. The summed E-state index contributed by atoms with van der Waals surface area (Å²) in [6.07, 6.45) is 3.25. The predicted octanol–water partition coefficient (Wildman–Crippen LogP) is 2.51. The van der Waals surface area contributed by atoms with Gasteiger partial charge in [-0.3, -0.25) is 0 Å². The molecule has 1 heterocycles. The van der Waals surface area contributed by atoms with Gasteiger partial charge in [-0.2, -0.15) is 0 Å². The number of nitrogens with zero attached hydrogens (tertiary/aromatic N) is 1. The lowest BCUT2D eigenvalue weighted by Gasteiger charge is -2.30. The molecule has 108 valence electrons. The highest BCUT2D eigenvalue weighted by Gasteiger charge is 2.27. The molecule has 0 bridgehead atoms. The fourth-order valence-corrected chi connectivity index (χ4v) is 2.43. The first-order valence-electron chi connectivity index (χ1n) is 7.49. The van der Waals surface area contributed by atoms with E-state index in [2.05, 4.69) is 51.9 Å². The Kier molecular flexibility index (Phi) is 6.61. The molecule has 3 heteroatoms. The normalized spacial score (nSPS) is 26.5. The van der Waals surface area contributed by atoms with Crippen LogP contribution in [0.15, 0.2) is 0 Å². The van der Waals surface area contributed by atoms with E-state index in [1.807, 2.05) is 0 Å². The highest BCUT2D eigenvalue weighted by atomic mass is 16.5. The number of likely N-dealkylation sites (N-methyl/N-ethyl adjacent to an activating group) is 1. The Bertz CT molecular complexity index is 231. The zero-order valence-corrected chi connectivity index (χ0v) is 13.1. The van der Waals surface area contributed by atoms with Gasteiger partial charge in [0.15, 0.2) is 0 Å². The Morgan fingerprint density at radius 2 is 1.72 bits per heavy atom. The number of nitrogens with one attached hydrogen (secondary N) is 1. The van der Waals surface area contributed by atoms with E-state index in [1.165, 1.54) is 12.8 Å². The third-order valence-electron chi connectivity index (χ3n) is 4.10. The fraction of sp³-hybridized carbons (Fsp3) is 1.00. The standard InChI is InChI=1S/C15H32N2O/c1-11(2)13(5)17(6)10-15-8-7-14(18-15)9-16-12(3)4/h11-16H,7-10H2,1-6H3. The molecule has 1 saturated heterocycles. The van der Waals surface area contributed by atoms with Gasteiger partial charge in [-0.25, -0.2) is 0 Å². The summed E-state index contributed by atoms with van der Waals surface area (Å²) >= 11 is 0. The molecule has 0 aromatic carbocycles. The van der Waals surface area contributed by atoms with Crippen LogP contribution >= 0.6 is 0 Å². The van der Waals surface area contributed by atoms with Crippen molar-refractivity contribution in [3.8, 4) is 0 Å². The van der Waals surface area contributed by atoms with Gasteiger partial charge in [-0.15, -0.1) is 0 Å². The van der Waals surface area contributed by atoms with Gasteiger partial charge in [0, 0.05) is 25.2 Å². The summed E-state index contributed by atoms with van der Waals surface area (Å²) in [5.74, 6) is 0.704. The van der Waals surface area contributed by atoms with E-state index >= 15 is 0 Å². The number of hydrogen-bond acceptors (Lipinski definition) is 3. The third kappa shape index (κ3) is 5.25. The second-order valence-corrected chi connectivity index (χ2v) is 6.44. The first kappa shape index (κ1) is 15.9. The van der Waals surface area contributed by atoms with Crippen molar-refractivity contribution in [3.63, 3.8) is 0 Å². The van der Waals surface area contributed by atoms with Gasteiger partial charge in [0.1, 0.15) is 0 Å². The molecule has 3 unspecified atom stereocenters. The molecule has 3 atom stereocenters. The summed E-state index contributed by atoms with van der Waals surface area (Å²) in [5, 5.41) is 3.46. The zero-order chi connectivity index (χ0) is 13.7. The maximum absolute atomic E-state index is 6.11. The molecule has 18 heavy (non-hydrogen) atoms. The summed E-state index contributed by atoms with van der Waals surface area (Å²) in [7, 11) is 2.22. The van der Waals surface area contributed by atoms with Gasteiger partial charge in [-0.05, 0) is 32.7 Å². The molecule has 0 amide bonds. The Balaban J connectivity index is 2.25. The van der Waals surface area contributed by atoms with E-state index in [0.29, 0.717) is 30.2 Å². The highest BCUT2D eigenvalue weighted by Crippen LogP contribution is 2.21. The van der Waals surface area contributed by atoms with Crippen molar-refractivity contribution in [2.24, 2.45) is 5.92 Å². The molecule has 1 aliphatic heterocycles. The molecular weight excluding hydrogens is 224 g/mol. The molecule has 0 aromatic rings.